The Morgan fingerprint density at radius 3 is 2.81 bits per heavy atom. The summed E-state index contributed by atoms with van der Waals surface area (Å²) in [5, 5.41) is 12.2. The Morgan fingerprint density at radius 1 is 1.56 bits per heavy atom. The van der Waals surface area contributed by atoms with Crippen LogP contribution in [0.25, 0.3) is 0 Å². The summed E-state index contributed by atoms with van der Waals surface area (Å²) in [6.07, 6.45) is 1.14. The number of amides is 1. The SMILES string of the molecule is Cc1ccnc(NC(=O)CC(O)C(C)C)c1. The van der Waals surface area contributed by atoms with Crippen molar-refractivity contribution in [3.63, 3.8) is 0 Å². The molecule has 0 saturated heterocycles. The second-order valence-electron chi connectivity index (χ2n) is 4.28. The summed E-state index contributed by atoms with van der Waals surface area (Å²) in [5.74, 6) is 0.400. The second-order valence-corrected chi connectivity index (χ2v) is 4.28. The average Bonchev–Trinajstić information content (AvgIpc) is 2.16. The van der Waals surface area contributed by atoms with Gasteiger partial charge in [-0.1, -0.05) is 13.8 Å². The number of hydrogen-bond acceptors (Lipinski definition) is 3. The smallest absolute Gasteiger partial charge is 0.228 e. The molecule has 1 heterocycles. The lowest BCUT2D eigenvalue weighted by atomic mass is 10.0. The minimum atomic E-state index is -0.607. The van der Waals surface area contributed by atoms with Gasteiger partial charge in [0.1, 0.15) is 5.82 Å². The maximum absolute atomic E-state index is 11.5. The van der Waals surface area contributed by atoms with Crippen LogP contribution in [0.5, 0.6) is 0 Å². The maximum atomic E-state index is 11.5. The van der Waals surface area contributed by atoms with Gasteiger partial charge < -0.3 is 10.4 Å². The predicted molar refractivity (Wildman–Crippen MR) is 63.1 cm³/mol. The minimum Gasteiger partial charge on any atom is -0.392 e. The first-order chi connectivity index (χ1) is 7.49. The highest BCUT2D eigenvalue weighted by atomic mass is 16.3. The zero-order valence-corrected chi connectivity index (χ0v) is 9.90. The zero-order chi connectivity index (χ0) is 12.1. The lowest BCUT2D eigenvalue weighted by Crippen LogP contribution is -2.24. The van der Waals surface area contributed by atoms with Gasteiger partial charge in [0.15, 0.2) is 0 Å². The van der Waals surface area contributed by atoms with Gasteiger partial charge in [0, 0.05) is 6.20 Å². The van der Waals surface area contributed by atoms with Gasteiger partial charge in [0.05, 0.1) is 12.5 Å². The average molecular weight is 222 g/mol. The van der Waals surface area contributed by atoms with Crippen LogP contribution in [0.15, 0.2) is 18.3 Å². The summed E-state index contributed by atoms with van der Waals surface area (Å²) in [4.78, 5) is 15.5. The third kappa shape index (κ3) is 3.98. The van der Waals surface area contributed by atoms with Crippen molar-refractivity contribution in [2.45, 2.75) is 33.3 Å². The first kappa shape index (κ1) is 12.6. The van der Waals surface area contributed by atoms with Crippen LogP contribution in [0.3, 0.4) is 0 Å². The molecule has 0 aliphatic carbocycles. The van der Waals surface area contributed by atoms with Crippen molar-refractivity contribution in [3.05, 3.63) is 23.9 Å². The molecule has 1 aromatic rings. The molecule has 16 heavy (non-hydrogen) atoms. The highest BCUT2D eigenvalue weighted by molar-refractivity contribution is 5.90. The third-order valence-corrected chi connectivity index (χ3v) is 2.35. The van der Waals surface area contributed by atoms with Crippen molar-refractivity contribution >= 4 is 11.7 Å². The van der Waals surface area contributed by atoms with E-state index in [9.17, 15) is 9.90 Å². The quantitative estimate of drug-likeness (QED) is 0.815. The molecule has 1 unspecified atom stereocenters. The van der Waals surface area contributed by atoms with E-state index in [1.807, 2.05) is 26.8 Å². The van der Waals surface area contributed by atoms with Crippen molar-refractivity contribution in [1.82, 2.24) is 4.98 Å². The molecule has 0 saturated carbocycles. The Morgan fingerprint density at radius 2 is 2.25 bits per heavy atom. The number of nitrogens with zero attached hydrogens (tertiary/aromatic N) is 1. The fourth-order valence-corrected chi connectivity index (χ4v) is 1.22. The van der Waals surface area contributed by atoms with Crippen LogP contribution in [-0.2, 0) is 4.79 Å². The Labute approximate surface area is 95.7 Å². The minimum absolute atomic E-state index is 0.0798. The number of aromatic nitrogens is 1. The van der Waals surface area contributed by atoms with Crippen molar-refractivity contribution in [3.8, 4) is 0 Å². The van der Waals surface area contributed by atoms with Gasteiger partial charge in [-0.15, -0.1) is 0 Å². The Bertz CT molecular complexity index is 364. The number of aryl methyl sites for hydroxylation is 1. The molecular weight excluding hydrogens is 204 g/mol. The Hall–Kier alpha value is -1.42. The molecule has 88 valence electrons. The molecule has 0 spiro atoms. The van der Waals surface area contributed by atoms with E-state index in [-0.39, 0.29) is 18.2 Å². The van der Waals surface area contributed by atoms with Gasteiger partial charge in [-0.25, -0.2) is 4.98 Å². The molecule has 1 aromatic heterocycles. The predicted octanol–water partition coefficient (Wildman–Crippen LogP) is 1.74. The first-order valence-corrected chi connectivity index (χ1v) is 5.39. The van der Waals surface area contributed by atoms with Gasteiger partial charge >= 0.3 is 0 Å². The molecule has 4 nitrogen and oxygen atoms in total. The molecule has 0 aromatic carbocycles. The summed E-state index contributed by atoms with van der Waals surface area (Å²) >= 11 is 0. The van der Waals surface area contributed by atoms with Gasteiger partial charge in [-0.2, -0.15) is 0 Å². The van der Waals surface area contributed by atoms with Gasteiger partial charge in [-0.05, 0) is 30.5 Å². The number of anilines is 1. The van der Waals surface area contributed by atoms with E-state index in [1.54, 1.807) is 12.3 Å². The number of hydrogen-bond donors (Lipinski definition) is 2. The summed E-state index contributed by atoms with van der Waals surface area (Å²) in [6.45, 7) is 5.69. The van der Waals surface area contributed by atoms with Crippen molar-refractivity contribution in [1.29, 1.82) is 0 Å². The molecule has 4 heteroatoms. The summed E-state index contributed by atoms with van der Waals surface area (Å²) in [5.41, 5.74) is 1.04. The largest absolute Gasteiger partial charge is 0.392 e. The number of aliphatic hydroxyl groups is 1. The number of carbonyl (C=O) groups is 1. The van der Waals surface area contributed by atoms with Crippen LogP contribution >= 0.6 is 0 Å². The van der Waals surface area contributed by atoms with E-state index >= 15 is 0 Å². The lowest BCUT2D eigenvalue weighted by molar-refractivity contribution is -0.118. The van der Waals surface area contributed by atoms with Crippen LogP contribution < -0.4 is 5.32 Å². The van der Waals surface area contributed by atoms with Gasteiger partial charge in [-0.3, -0.25) is 4.79 Å². The highest BCUT2D eigenvalue weighted by Gasteiger charge is 2.14. The number of carbonyl (C=O) groups excluding carboxylic acids is 1. The topological polar surface area (TPSA) is 62.2 Å². The summed E-state index contributed by atoms with van der Waals surface area (Å²) < 4.78 is 0. The van der Waals surface area contributed by atoms with E-state index < -0.39 is 6.10 Å². The van der Waals surface area contributed by atoms with E-state index in [4.69, 9.17) is 0 Å². The fourth-order valence-electron chi connectivity index (χ4n) is 1.22. The van der Waals surface area contributed by atoms with Crippen LogP contribution in [-0.4, -0.2) is 22.1 Å². The van der Waals surface area contributed by atoms with E-state index in [0.29, 0.717) is 5.82 Å². The molecule has 0 fully saturated rings. The third-order valence-electron chi connectivity index (χ3n) is 2.35. The molecule has 1 rings (SSSR count). The number of pyridine rings is 1. The molecule has 0 bridgehead atoms. The van der Waals surface area contributed by atoms with Crippen LogP contribution in [0.2, 0.25) is 0 Å². The highest BCUT2D eigenvalue weighted by Crippen LogP contribution is 2.09. The van der Waals surface area contributed by atoms with E-state index in [0.717, 1.165) is 5.56 Å². The molecule has 0 aliphatic rings. The monoisotopic (exact) mass is 222 g/mol. The molecule has 1 amide bonds. The Balaban J connectivity index is 2.52. The number of rotatable bonds is 4. The molecular formula is C12H18N2O2. The van der Waals surface area contributed by atoms with Crippen LogP contribution in [0, 0.1) is 12.8 Å². The van der Waals surface area contributed by atoms with Crippen LogP contribution in [0.1, 0.15) is 25.8 Å². The number of aliphatic hydroxyl groups excluding tert-OH is 1. The Kier molecular flexibility index (Phi) is 4.43. The van der Waals surface area contributed by atoms with Gasteiger partial charge in [0.2, 0.25) is 5.91 Å². The maximum Gasteiger partial charge on any atom is 0.228 e. The second kappa shape index (κ2) is 5.61. The van der Waals surface area contributed by atoms with Gasteiger partial charge in [0.25, 0.3) is 0 Å². The van der Waals surface area contributed by atoms with E-state index in [2.05, 4.69) is 10.3 Å². The molecule has 2 N–H and O–H groups in total. The zero-order valence-electron chi connectivity index (χ0n) is 9.90. The van der Waals surface area contributed by atoms with E-state index in [1.165, 1.54) is 0 Å². The summed E-state index contributed by atoms with van der Waals surface area (Å²) in [7, 11) is 0. The van der Waals surface area contributed by atoms with Crippen molar-refractivity contribution < 1.29 is 9.90 Å². The normalized spacial score (nSPS) is 12.6. The first-order valence-electron chi connectivity index (χ1n) is 5.39. The summed E-state index contributed by atoms with van der Waals surface area (Å²) in [6, 6.07) is 3.65. The molecule has 1 atom stereocenters. The number of nitrogens with one attached hydrogen (secondary N) is 1. The van der Waals surface area contributed by atoms with Crippen molar-refractivity contribution in [2.24, 2.45) is 5.92 Å². The van der Waals surface area contributed by atoms with Crippen LogP contribution in [0.4, 0.5) is 5.82 Å². The fraction of sp³-hybridized carbons (Fsp3) is 0.500. The molecule has 0 radical (unpaired) electrons. The standard InChI is InChI=1S/C12H18N2O2/c1-8(2)10(15)7-12(16)14-11-6-9(3)4-5-13-11/h4-6,8,10,15H,7H2,1-3H3,(H,13,14,16). The van der Waals surface area contributed by atoms with Crippen molar-refractivity contribution in [2.75, 3.05) is 5.32 Å². The lowest BCUT2D eigenvalue weighted by Gasteiger charge is -2.13. The molecule has 0 aliphatic heterocycles.